The molecule has 3 aromatic carbocycles. The second-order valence-electron chi connectivity index (χ2n) is 9.30. The number of hydrogen-bond donors (Lipinski definition) is 1. The van der Waals surface area contributed by atoms with Crippen molar-refractivity contribution in [3.05, 3.63) is 107 Å². The minimum Gasteiger partial charge on any atom is -0.488 e. The number of urea groups is 1. The summed E-state index contributed by atoms with van der Waals surface area (Å²) in [7, 11) is 1.37. The van der Waals surface area contributed by atoms with Gasteiger partial charge in [-0.15, -0.1) is 0 Å². The Morgan fingerprint density at radius 1 is 0.946 bits per heavy atom. The zero-order valence-corrected chi connectivity index (χ0v) is 20.7. The first-order valence-electron chi connectivity index (χ1n) is 12.4. The average molecular weight is 501 g/mol. The second kappa shape index (κ2) is 10.9. The topological polar surface area (TPSA) is 67.9 Å². The molecular formula is C30H29FN2O4. The van der Waals surface area contributed by atoms with Gasteiger partial charge in [0.2, 0.25) is 0 Å². The second-order valence-corrected chi connectivity index (χ2v) is 9.30. The molecule has 1 N–H and O–H groups in total. The fourth-order valence-corrected chi connectivity index (χ4v) is 5.29. The quantitative estimate of drug-likeness (QED) is 0.437. The van der Waals surface area contributed by atoms with Crippen molar-refractivity contribution in [2.45, 2.75) is 44.5 Å². The average Bonchev–Trinajstić information content (AvgIpc) is 3.25. The molecule has 0 spiro atoms. The number of halogens is 1. The van der Waals surface area contributed by atoms with Crippen molar-refractivity contribution in [1.82, 2.24) is 10.2 Å². The number of nitrogens with one attached hydrogen (secondary N) is 1. The van der Waals surface area contributed by atoms with E-state index in [1.54, 1.807) is 17.0 Å². The Labute approximate surface area is 215 Å². The molecule has 6 nitrogen and oxygen atoms in total. The summed E-state index contributed by atoms with van der Waals surface area (Å²) in [6, 6.07) is 23.0. The van der Waals surface area contributed by atoms with E-state index in [1.807, 2.05) is 54.6 Å². The van der Waals surface area contributed by atoms with Gasteiger partial charge in [0.25, 0.3) is 0 Å². The lowest BCUT2D eigenvalue weighted by molar-refractivity contribution is -0.136. The van der Waals surface area contributed by atoms with Crippen LogP contribution in [0, 0.1) is 5.82 Å². The zero-order valence-electron chi connectivity index (χ0n) is 20.7. The van der Waals surface area contributed by atoms with Gasteiger partial charge in [0.15, 0.2) is 0 Å². The van der Waals surface area contributed by atoms with Gasteiger partial charge >= 0.3 is 12.0 Å². The molecule has 2 amide bonds. The van der Waals surface area contributed by atoms with Gasteiger partial charge in [-0.1, -0.05) is 60.7 Å². The van der Waals surface area contributed by atoms with Crippen LogP contribution in [0.3, 0.4) is 0 Å². The molecular weight excluding hydrogens is 471 g/mol. The summed E-state index contributed by atoms with van der Waals surface area (Å²) in [6.07, 6.45) is 1.98. The van der Waals surface area contributed by atoms with Crippen LogP contribution in [-0.2, 0) is 22.7 Å². The number of carbonyl (C=O) groups is 2. The fraction of sp³-hybridized carbons (Fsp3) is 0.267. The Balaban J connectivity index is 1.41. The third kappa shape index (κ3) is 5.21. The Morgan fingerprint density at radius 3 is 2.43 bits per heavy atom. The molecule has 37 heavy (non-hydrogen) atoms. The minimum atomic E-state index is -0.436. The molecule has 2 atom stereocenters. The fourth-order valence-electron chi connectivity index (χ4n) is 5.29. The molecule has 0 radical (unpaired) electrons. The normalized spacial score (nSPS) is 18.5. The van der Waals surface area contributed by atoms with E-state index < -0.39 is 12.0 Å². The Hall–Kier alpha value is -4.13. The van der Waals surface area contributed by atoms with E-state index >= 15 is 0 Å². The van der Waals surface area contributed by atoms with E-state index in [0.29, 0.717) is 30.8 Å². The lowest BCUT2D eigenvalue weighted by Gasteiger charge is -2.37. The molecule has 2 unspecified atom stereocenters. The monoisotopic (exact) mass is 500 g/mol. The third-order valence-corrected chi connectivity index (χ3v) is 7.05. The van der Waals surface area contributed by atoms with E-state index in [1.165, 1.54) is 19.2 Å². The number of benzene rings is 3. The molecule has 1 saturated heterocycles. The van der Waals surface area contributed by atoms with Gasteiger partial charge in [0.1, 0.15) is 18.2 Å². The van der Waals surface area contributed by atoms with Gasteiger partial charge in [0, 0.05) is 18.2 Å². The Morgan fingerprint density at radius 2 is 1.68 bits per heavy atom. The molecule has 5 rings (SSSR count). The van der Waals surface area contributed by atoms with Crippen molar-refractivity contribution in [2.75, 3.05) is 7.11 Å². The largest absolute Gasteiger partial charge is 0.488 e. The number of para-hydroxylation sites is 1. The predicted molar refractivity (Wildman–Crippen MR) is 138 cm³/mol. The third-order valence-electron chi connectivity index (χ3n) is 7.05. The summed E-state index contributed by atoms with van der Waals surface area (Å²) < 4.78 is 24.6. The number of ether oxygens (including phenoxy) is 2. The highest BCUT2D eigenvalue weighted by atomic mass is 19.1. The standard InChI is InChI=1S/C30H29FN2O4/c1-36-29(34)28-25(24-9-5-6-10-27(24)37-19-21-7-3-2-4-8-21)17-23-15-16-26(28)33(23)30(35)32-18-20-11-13-22(31)14-12-20/h2-14,23,26H,15-19H2,1H3,(H,32,35). The Kier molecular flexibility index (Phi) is 7.21. The van der Waals surface area contributed by atoms with E-state index in [9.17, 15) is 14.0 Å². The van der Waals surface area contributed by atoms with E-state index in [-0.39, 0.29) is 24.4 Å². The number of fused-ring (bicyclic) bond motifs is 2. The molecule has 1 fully saturated rings. The molecule has 0 aliphatic carbocycles. The van der Waals surface area contributed by atoms with Crippen LogP contribution in [0.5, 0.6) is 5.75 Å². The maximum absolute atomic E-state index is 13.3. The van der Waals surface area contributed by atoms with Crippen LogP contribution in [0.1, 0.15) is 36.0 Å². The summed E-state index contributed by atoms with van der Waals surface area (Å²) >= 11 is 0. The Bertz CT molecular complexity index is 1310. The number of rotatable bonds is 7. The van der Waals surface area contributed by atoms with Crippen molar-refractivity contribution in [3.8, 4) is 5.75 Å². The summed E-state index contributed by atoms with van der Waals surface area (Å²) in [5, 5.41) is 2.94. The van der Waals surface area contributed by atoms with Crippen LogP contribution >= 0.6 is 0 Å². The van der Waals surface area contributed by atoms with E-state index in [4.69, 9.17) is 9.47 Å². The zero-order chi connectivity index (χ0) is 25.8. The van der Waals surface area contributed by atoms with Gasteiger partial charge in [-0.2, -0.15) is 0 Å². The van der Waals surface area contributed by atoms with Gasteiger partial charge < -0.3 is 19.7 Å². The van der Waals surface area contributed by atoms with Crippen LogP contribution in [0.15, 0.2) is 84.4 Å². The number of methoxy groups -OCH3 is 1. The molecule has 190 valence electrons. The summed E-state index contributed by atoms with van der Waals surface area (Å²) in [5.41, 5.74) is 4.07. The van der Waals surface area contributed by atoms with Crippen LogP contribution in [0.25, 0.3) is 5.57 Å². The highest BCUT2D eigenvalue weighted by Gasteiger charge is 2.47. The van der Waals surface area contributed by atoms with Crippen LogP contribution in [-0.4, -0.2) is 36.1 Å². The molecule has 2 aliphatic rings. The van der Waals surface area contributed by atoms with Crippen molar-refractivity contribution in [3.63, 3.8) is 0 Å². The smallest absolute Gasteiger partial charge is 0.336 e. The van der Waals surface area contributed by atoms with Crippen LogP contribution in [0.2, 0.25) is 0 Å². The first kappa shape index (κ1) is 24.6. The SMILES string of the molecule is COC(=O)C1=C(c2ccccc2OCc2ccccc2)CC2CCC1N2C(=O)NCc1ccc(F)cc1. The van der Waals surface area contributed by atoms with Gasteiger partial charge in [0.05, 0.1) is 18.7 Å². The number of amides is 2. The minimum absolute atomic E-state index is 0.0520. The molecule has 2 heterocycles. The van der Waals surface area contributed by atoms with Crippen molar-refractivity contribution in [2.24, 2.45) is 0 Å². The van der Waals surface area contributed by atoms with Gasteiger partial charge in [-0.05, 0) is 54.2 Å². The highest BCUT2D eigenvalue weighted by molar-refractivity contribution is 6.01. The lowest BCUT2D eigenvalue weighted by atomic mass is 9.88. The summed E-state index contributed by atoms with van der Waals surface area (Å²) in [5.74, 6) is -0.0662. The van der Waals surface area contributed by atoms with E-state index in [2.05, 4.69) is 5.32 Å². The van der Waals surface area contributed by atoms with Crippen molar-refractivity contribution >= 4 is 17.6 Å². The molecule has 2 bridgehead atoms. The van der Waals surface area contributed by atoms with E-state index in [0.717, 1.165) is 28.7 Å². The van der Waals surface area contributed by atoms with Crippen molar-refractivity contribution in [1.29, 1.82) is 0 Å². The molecule has 2 aliphatic heterocycles. The summed E-state index contributed by atoms with van der Waals surface area (Å²) in [4.78, 5) is 28.1. The van der Waals surface area contributed by atoms with Crippen LogP contribution in [0.4, 0.5) is 9.18 Å². The predicted octanol–water partition coefficient (Wildman–Crippen LogP) is 5.48. The number of hydrogen-bond acceptors (Lipinski definition) is 4. The first-order chi connectivity index (χ1) is 18.0. The number of esters is 1. The number of nitrogens with zero attached hydrogens (tertiary/aromatic N) is 1. The number of carbonyl (C=O) groups excluding carboxylic acids is 2. The highest BCUT2D eigenvalue weighted by Crippen LogP contribution is 2.45. The van der Waals surface area contributed by atoms with Gasteiger partial charge in [-0.25, -0.2) is 14.0 Å². The van der Waals surface area contributed by atoms with Gasteiger partial charge in [-0.3, -0.25) is 0 Å². The maximum Gasteiger partial charge on any atom is 0.336 e. The molecule has 7 heteroatoms. The van der Waals surface area contributed by atoms with Crippen LogP contribution < -0.4 is 10.1 Å². The maximum atomic E-state index is 13.3. The first-order valence-corrected chi connectivity index (χ1v) is 12.4. The lowest BCUT2D eigenvalue weighted by Crippen LogP contribution is -2.50. The van der Waals surface area contributed by atoms with Crippen molar-refractivity contribution < 1.29 is 23.5 Å². The molecule has 0 aromatic heterocycles. The molecule has 0 saturated carbocycles. The summed E-state index contributed by atoms with van der Waals surface area (Å²) in [6.45, 7) is 0.679. The molecule has 3 aromatic rings.